The fraction of sp³-hybridized carbons (Fsp3) is 0.167. The van der Waals surface area contributed by atoms with E-state index in [4.69, 9.17) is 0 Å². The number of hydrogen-bond acceptors (Lipinski definition) is 5. The molecule has 0 aliphatic rings. The predicted molar refractivity (Wildman–Crippen MR) is 127 cm³/mol. The zero-order valence-corrected chi connectivity index (χ0v) is 18.6. The molecule has 0 bridgehead atoms. The molecule has 0 atom stereocenters. The first-order valence-electron chi connectivity index (χ1n) is 10.1. The Kier molecular flexibility index (Phi) is 6.51. The first-order chi connectivity index (χ1) is 15.5. The molecule has 0 saturated heterocycles. The predicted octanol–water partition coefficient (Wildman–Crippen LogP) is 3.94. The van der Waals surface area contributed by atoms with E-state index in [0.29, 0.717) is 16.5 Å². The van der Waals surface area contributed by atoms with Crippen molar-refractivity contribution in [1.29, 1.82) is 0 Å². The molecular formula is C24H23N5O2S. The van der Waals surface area contributed by atoms with E-state index in [-0.39, 0.29) is 24.1 Å². The number of aryl methyl sites for hydroxylation is 1. The maximum Gasteiger partial charge on any atom is 0.251 e. The minimum absolute atomic E-state index is 0.122. The molecule has 2 amide bonds. The molecule has 0 aliphatic carbocycles. The summed E-state index contributed by atoms with van der Waals surface area (Å²) in [5, 5.41) is 16.8. The van der Waals surface area contributed by atoms with Gasteiger partial charge in [-0.1, -0.05) is 65.9 Å². The average Bonchev–Trinajstić information content (AvgIpc) is 3.16. The zero-order chi connectivity index (χ0) is 22.5. The van der Waals surface area contributed by atoms with Gasteiger partial charge >= 0.3 is 0 Å². The van der Waals surface area contributed by atoms with Crippen molar-refractivity contribution in [1.82, 2.24) is 20.1 Å². The van der Waals surface area contributed by atoms with Gasteiger partial charge in [0.15, 0.2) is 11.0 Å². The van der Waals surface area contributed by atoms with Crippen LogP contribution in [0.3, 0.4) is 0 Å². The summed E-state index contributed by atoms with van der Waals surface area (Å²) in [4.78, 5) is 24.8. The third-order valence-corrected chi connectivity index (χ3v) is 6.06. The quantitative estimate of drug-likeness (QED) is 0.421. The van der Waals surface area contributed by atoms with Crippen LogP contribution in [0.4, 0.5) is 5.69 Å². The number of nitrogens with zero attached hydrogens (tertiary/aromatic N) is 3. The summed E-state index contributed by atoms with van der Waals surface area (Å²) >= 11 is 1.30. The lowest BCUT2D eigenvalue weighted by molar-refractivity contribution is -0.113. The number of anilines is 1. The Labute approximate surface area is 190 Å². The Bertz CT molecular complexity index is 1260. The molecule has 4 aromatic rings. The highest BCUT2D eigenvalue weighted by Gasteiger charge is 2.13. The second kappa shape index (κ2) is 9.65. The standard InChI is InChI=1S/C24H23N5O2S/c1-16-10-12-18(13-11-16)23(31)25-14-21-27-28-24(29(21)2)32-15-22(30)26-20-9-5-7-17-6-3-4-8-19(17)20/h3-13H,14-15H2,1-2H3,(H,25,31)(H,26,30). The van der Waals surface area contributed by atoms with Crippen LogP contribution >= 0.6 is 11.8 Å². The fourth-order valence-electron chi connectivity index (χ4n) is 3.24. The number of hydrogen-bond donors (Lipinski definition) is 2. The molecule has 8 heteroatoms. The van der Waals surface area contributed by atoms with Crippen molar-refractivity contribution >= 4 is 40.0 Å². The number of nitrogens with one attached hydrogen (secondary N) is 2. The van der Waals surface area contributed by atoms with Gasteiger partial charge in [0, 0.05) is 23.7 Å². The molecular weight excluding hydrogens is 422 g/mol. The van der Waals surface area contributed by atoms with Crippen molar-refractivity contribution in [2.45, 2.75) is 18.6 Å². The molecule has 2 N–H and O–H groups in total. The molecule has 7 nitrogen and oxygen atoms in total. The molecule has 0 fully saturated rings. The van der Waals surface area contributed by atoms with E-state index in [1.54, 1.807) is 16.7 Å². The van der Waals surface area contributed by atoms with Gasteiger partial charge in [0.25, 0.3) is 5.91 Å². The number of rotatable bonds is 7. The lowest BCUT2D eigenvalue weighted by Crippen LogP contribution is -2.24. The molecule has 4 rings (SSSR count). The van der Waals surface area contributed by atoms with Gasteiger partial charge in [-0.15, -0.1) is 10.2 Å². The summed E-state index contributed by atoms with van der Waals surface area (Å²) in [6, 6.07) is 21.1. The van der Waals surface area contributed by atoms with E-state index >= 15 is 0 Å². The number of carbonyl (C=O) groups excluding carboxylic acids is 2. The van der Waals surface area contributed by atoms with Crippen molar-refractivity contribution in [2.75, 3.05) is 11.1 Å². The van der Waals surface area contributed by atoms with E-state index in [1.165, 1.54) is 11.8 Å². The summed E-state index contributed by atoms with van der Waals surface area (Å²) in [6.45, 7) is 2.22. The van der Waals surface area contributed by atoms with Gasteiger partial charge in [0.05, 0.1) is 12.3 Å². The number of amides is 2. The maximum absolute atomic E-state index is 12.5. The molecule has 0 saturated carbocycles. The molecule has 0 unspecified atom stereocenters. The van der Waals surface area contributed by atoms with Gasteiger partial charge < -0.3 is 15.2 Å². The second-order valence-corrected chi connectivity index (χ2v) is 8.31. The summed E-state index contributed by atoms with van der Waals surface area (Å²) in [5.41, 5.74) is 2.48. The van der Waals surface area contributed by atoms with Crippen LogP contribution in [-0.2, 0) is 18.4 Å². The van der Waals surface area contributed by atoms with Gasteiger partial charge in [-0.2, -0.15) is 0 Å². The van der Waals surface area contributed by atoms with Crippen LogP contribution < -0.4 is 10.6 Å². The number of aromatic nitrogens is 3. The first kappa shape index (κ1) is 21.6. The van der Waals surface area contributed by atoms with Crippen molar-refractivity contribution < 1.29 is 9.59 Å². The SMILES string of the molecule is Cc1ccc(C(=O)NCc2nnc(SCC(=O)Nc3cccc4ccccc34)n2C)cc1. The third kappa shape index (κ3) is 4.97. The minimum Gasteiger partial charge on any atom is -0.345 e. The fourth-order valence-corrected chi connectivity index (χ4v) is 3.97. The molecule has 1 heterocycles. The Balaban J connectivity index is 1.33. The van der Waals surface area contributed by atoms with Crippen molar-refractivity contribution in [2.24, 2.45) is 7.05 Å². The number of fused-ring (bicyclic) bond motifs is 1. The Morgan fingerprint density at radius 3 is 2.53 bits per heavy atom. The molecule has 162 valence electrons. The van der Waals surface area contributed by atoms with Gasteiger partial charge in [0.2, 0.25) is 5.91 Å². The highest BCUT2D eigenvalue weighted by atomic mass is 32.2. The molecule has 1 aromatic heterocycles. The summed E-state index contributed by atoms with van der Waals surface area (Å²) in [5.74, 6) is 0.521. The second-order valence-electron chi connectivity index (χ2n) is 7.37. The summed E-state index contributed by atoms with van der Waals surface area (Å²) in [6.07, 6.45) is 0. The molecule has 32 heavy (non-hydrogen) atoms. The van der Waals surface area contributed by atoms with Crippen LogP contribution in [-0.4, -0.2) is 32.3 Å². The van der Waals surface area contributed by atoms with Crippen LogP contribution in [0.15, 0.2) is 71.9 Å². The van der Waals surface area contributed by atoms with Crippen LogP contribution in [0.5, 0.6) is 0 Å². The summed E-state index contributed by atoms with van der Waals surface area (Å²) < 4.78 is 1.78. The third-order valence-electron chi connectivity index (χ3n) is 5.04. The van der Waals surface area contributed by atoms with E-state index in [9.17, 15) is 9.59 Å². The monoisotopic (exact) mass is 445 g/mol. The highest BCUT2D eigenvalue weighted by molar-refractivity contribution is 7.99. The molecule has 0 spiro atoms. The van der Waals surface area contributed by atoms with E-state index in [2.05, 4.69) is 20.8 Å². The van der Waals surface area contributed by atoms with Gasteiger partial charge in [-0.05, 0) is 30.5 Å². The average molecular weight is 446 g/mol. The first-order valence-corrected chi connectivity index (χ1v) is 11.1. The van der Waals surface area contributed by atoms with E-state index in [1.807, 2.05) is 68.6 Å². The Morgan fingerprint density at radius 2 is 1.72 bits per heavy atom. The van der Waals surface area contributed by atoms with Crippen LogP contribution in [0.25, 0.3) is 10.8 Å². The number of thioether (sulfide) groups is 1. The normalized spacial score (nSPS) is 10.8. The Morgan fingerprint density at radius 1 is 0.969 bits per heavy atom. The molecule has 0 radical (unpaired) electrons. The van der Waals surface area contributed by atoms with Gasteiger partial charge in [-0.25, -0.2) is 0 Å². The van der Waals surface area contributed by atoms with E-state index < -0.39 is 0 Å². The van der Waals surface area contributed by atoms with E-state index in [0.717, 1.165) is 22.0 Å². The van der Waals surface area contributed by atoms with Crippen LogP contribution in [0.2, 0.25) is 0 Å². The van der Waals surface area contributed by atoms with Crippen molar-refractivity contribution in [3.63, 3.8) is 0 Å². The highest BCUT2D eigenvalue weighted by Crippen LogP contribution is 2.23. The largest absolute Gasteiger partial charge is 0.345 e. The minimum atomic E-state index is -0.170. The lowest BCUT2D eigenvalue weighted by atomic mass is 10.1. The van der Waals surface area contributed by atoms with Crippen LogP contribution in [0, 0.1) is 6.92 Å². The topological polar surface area (TPSA) is 88.9 Å². The van der Waals surface area contributed by atoms with Crippen LogP contribution in [0.1, 0.15) is 21.7 Å². The Hall–Kier alpha value is -3.65. The van der Waals surface area contributed by atoms with Gasteiger partial charge in [-0.3, -0.25) is 9.59 Å². The van der Waals surface area contributed by atoms with Crippen molar-refractivity contribution in [3.8, 4) is 0 Å². The number of carbonyl (C=O) groups is 2. The molecule has 0 aliphatic heterocycles. The lowest BCUT2D eigenvalue weighted by Gasteiger charge is -2.09. The van der Waals surface area contributed by atoms with Gasteiger partial charge in [0.1, 0.15) is 0 Å². The zero-order valence-electron chi connectivity index (χ0n) is 17.8. The maximum atomic E-state index is 12.5. The summed E-state index contributed by atoms with van der Waals surface area (Å²) in [7, 11) is 1.82. The molecule has 3 aromatic carbocycles. The number of benzene rings is 3. The van der Waals surface area contributed by atoms with Crippen molar-refractivity contribution in [3.05, 3.63) is 83.7 Å². The smallest absolute Gasteiger partial charge is 0.251 e.